The van der Waals surface area contributed by atoms with Crippen LogP contribution in [-0.2, 0) is 9.59 Å². The molecule has 2 atom stereocenters. The van der Waals surface area contributed by atoms with Crippen molar-refractivity contribution in [3.8, 4) is 5.75 Å². The van der Waals surface area contributed by atoms with E-state index in [1.165, 1.54) is 0 Å². The van der Waals surface area contributed by atoms with Gasteiger partial charge < -0.3 is 15.2 Å². The third kappa shape index (κ3) is 2.25. The predicted octanol–water partition coefficient (Wildman–Crippen LogP) is 0.00970. The Balaban J connectivity index is 1.81. The van der Waals surface area contributed by atoms with Crippen molar-refractivity contribution in [1.82, 2.24) is 10.9 Å². The Hall–Kier alpha value is -2.12. The summed E-state index contributed by atoms with van der Waals surface area (Å²) in [5, 5.41) is 11.7. The molecule has 0 saturated carbocycles. The van der Waals surface area contributed by atoms with Crippen molar-refractivity contribution in [3.05, 3.63) is 23.8 Å². The van der Waals surface area contributed by atoms with E-state index in [4.69, 9.17) is 9.84 Å². The molecule has 1 saturated heterocycles. The van der Waals surface area contributed by atoms with E-state index in [1.807, 2.05) is 6.07 Å². The average Bonchev–Trinajstić information content (AvgIpc) is 2.87. The summed E-state index contributed by atoms with van der Waals surface area (Å²) in [6.45, 7) is 0.0245. The molecule has 7 heteroatoms. The molecule has 2 heterocycles. The number of carbonyl (C=O) groups excluding carboxylic acids is 1. The largest absolute Gasteiger partial charge is 0.482 e. The fraction of sp³-hybridized carbons (Fsp3) is 0.333. The molecule has 0 spiro atoms. The van der Waals surface area contributed by atoms with Gasteiger partial charge in [0.05, 0.1) is 5.69 Å². The van der Waals surface area contributed by atoms with Crippen molar-refractivity contribution < 1.29 is 19.4 Å². The van der Waals surface area contributed by atoms with Gasteiger partial charge in [-0.05, 0) is 24.1 Å². The zero-order chi connectivity index (χ0) is 13.4. The highest BCUT2D eigenvalue weighted by Gasteiger charge is 2.30. The smallest absolute Gasteiger partial charge is 0.322 e. The van der Waals surface area contributed by atoms with E-state index in [2.05, 4.69) is 16.2 Å². The molecular weight excluding hydrogens is 250 g/mol. The summed E-state index contributed by atoms with van der Waals surface area (Å²) in [7, 11) is 0. The van der Waals surface area contributed by atoms with E-state index in [9.17, 15) is 9.59 Å². The summed E-state index contributed by atoms with van der Waals surface area (Å²) < 4.78 is 5.27. The number of aliphatic carboxylic acids is 1. The lowest BCUT2D eigenvalue weighted by Crippen LogP contribution is -2.36. The molecule has 1 fully saturated rings. The molecule has 100 valence electrons. The minimum absolute atomic E-state index is 0.0245. The van der Waals surface area contributed by atoms with Crippen LogP contribution in [-0.4, -0.2) is 29.6 Å². The Kier molecular flexibility index (Phi) is 2.84. The molecule has 0 radical (unpaired) electrons. The van der Waals surface area contributed by atoms with Gasteiger partial charge >= 0.3 is 5.97 Å². The van der Waals surface area contributed by atoms with Gasteiger partial charge in [-0.25, -0.2) is 10.9 Å². The maximum atomic E-state index is 11.3. The number of hydrazine groups is 1. The van der Waals surface area contributed by atoms with Crippen LogP contribution >= 0.6 is 0 Å². The van der Waals surface area contributed by atoms with E-state index >= 15 is 0 Å². The number of carbonyl (C=O) groups is 2. The van der Waals surface area contributed by atoms with E-state index in [0.717, 1.165) is 5.56 Å². The topological polar surface area (TPSA) is 99.7 Å². The van der Waals surface area contributed by atoms with Gasteiger partial charge in [-0.1, -0.05) is 6.07 Å². The third-order valence-corrected chi connectivity index (χ3v) is 3.24. The first-order valence-corrected chi connectivity index (χ1v) is 5.94. The van der Waals surface area contributed by atoms with Crippen LogP contribution in [0, 0.1) is 0 Å². The highest BCUT2D eigenvalue weighted by Crippen LogP contribution is 2.32. The number of anilines is 1. The van der Waals surface area contributed by atoms with Crippen molar-refractivity contribution >= 4 is 17.6 Å². The van der Waals surface area contributed by atoms with Crippen molar-refractivity contribution in [2.75, 3.05) is 11.9 Å². The fourth-order valence-corrected chi connectivity index (χ4v) is 2.25. The molecule has 0 bridgehead atoms. The van der Waals surface area contributed by atoms with Crippen LogP contribution in [0.15, 0.2) is 18.2 Å². The van der Waals surface area contributed by atoms with Gasteiger partial charge in [0.1, 0.15) is 11.8 Å². The van der Waals surface area contributed by atoms with Crippen LogP contribution in [0.1, 0.15) is 18.0 Å². The van der Waals surface area contributed by atoms with Crippen LogP contribution < -0.4 is 20.9 Å². The lowest BCUT2D eigenvalue weighted by molar-refractivity contribution is -0.139. The van der Waals surface area contributed by atoms with Crippen LogP contribution in [0.4, 0.5) is 5.69 Å². The van der Waals surface area contributed by atoms with Crippen molar-refractivity contribution in [1.29, 1.82) is 0 Å². The summed E-state index contributed by atoms with van der Waals surface area (Å²) in [4.78, 5) is 22.1. The van der Waals surface area contributed by atoms with Crippen LogP contribution in [0.5, 0.6) is 5.75 Å². The summed E-state index contributed by atoms with van der Waals surface area (Å²) in [6.07, 6.45) is 0.447. The number of nitrogens with one attached hydrogen (secondary N) is 3. The van der Waals surface area contributed by atoms with Crippen molar-refractivity contribution in [3.63, 3.8) is 0 Å². The van der Waals surface area contributed by atoms with E-state index in [-0.39, 0.29) is 18.6 Å². The van der Waals surface area contributed by atoms with Gasteiger partial charge in [0, 0.05) is 6.04 Å². The second-order valence-corrected chi connectivity index (χ2v) is 4.56. The summed E-state index contributed by atoms with van der Waals surface area (Å²) in [5.74, 6) is -0.445. The minimum Gasteiger partial charge on any atom is -0.482 e. The van der Waals surface area contributed by atoms with Crippen LogP contribution in [0.25, 0.3) is 0 Å². The number of carboxylic acid groups (broad SMARTS) is 1. The summed E-state index contributed by atoms with van der Waals surface area (Å²) in [5.41, 5.74) is 7.19. The molecular formula is C12H13N3O4. The SMILES string of the molecule is O=C1COc2ccc(C3CC(C(=O)O)NN3)cc2N1. The van der Waals surface area contributed by atoms with E-state index in [0.29, 0.717) is 17.9 Å². The fourth-order valence-electron chi connectivity index (χ4n) is 2.25. The zero-order valence-electron chi connectivity index (χ0n) is 9.97. The molecule has 19 heavy (non-hydrogen) atoms. The minimum atomic E-state index is -0.885. The van der Waals surface area contributed by atoms with E-state index < -0.39 is 12.0 Å². The first kappa shape index (κ1) is 11.9. The number of ether oxygens (including phenoxy) is 1. The van der Waals surface area contributed by atoms with Gasteiger partial charge in [-0.3, -0.25) is 9.59 Å². The monoisotopic (exact) mass is 263 g/mol. The molecule has 2 aliphatic rings. The molecule has 0 aliphatic carbocycles. The number of benzene rings is 1. The maximum Gasteiger partial charge on any atom is 0.322 e. The first-order valence-electron chi connectivity index (χ1n) is 5.94. The number of amides is 1. The first-order chi connectivity index (χ1) is 9.13. The molecule has 2 unspecified atom stereocenters. The van der Waals surface area contributed by atoms with E-state index in [1.54, 1.807) is 12.1 Å². The van der Waals surface area contributed by atoms with Crippen molar-refractivity contribution in [2.45, 2.75) is 18.5 Å². The summed E-state index contributed by atoms with van der Waals surface area (Å²) in [6, 6.07) is 4.73. The molecule has 2 aliphatic heterocycles. The quantitative estimate of drug-likeness (QED) is 0.600. The highest BCUT2D eigenvalue weighted by atomic mass is 16.5. The number of carboxylic acids is 1. The predicted molar refractivity (Wildman–Crippen MR) is 65.6 cm³/mol. The third-order valence-electron chi connectivity index (χ3n) is 3.24. The zero-order valence-corrected chi connectivity index (χ0v) is 9.97. The van der Waals surface area contributed by atoms with Crippen LogP contribution in [0.3, 0.4) is 0 Å². The van der Waals surface area contributed by atoms with Crippen molar-refractivity contribution in [2.24, 2.45) is 0 Å². The Bertz CT molecular complexity index is 546. The Labute approximate surface area is 108 Å². The second kappa shape index (κ2) is 4.52. The van der Waals surface area contributed by atoms with Gasteiger partial charge in [0.2, 0.25) is 0 Å². The molecule has 3 rings (SSSR count). The lowest BCUT2D eigenvalue weighted by atomic mass is 10.0. The Morgan fingerprint density at radius 3 is 2.95 bits per heavy atom. The van der Waals surface area contributed by atoms with Crippen LogP contribution in [0.2, 0.25) is 0 Å². The average molecular weight is 263 g/mol. The standard InChI is InChI=1S/C12H13N3O4/c16-11-5-19-10-2-1-6(3-8(10)13-11)7-4-9(12(17)18)15-14-7/h1-3,7,9,14-15H,4-5H2,(H,13,16)(H,17,18). The molecule has 0 aromatic heterocycles. The normalized spacial score (nSPS) is 25.4. The molecule has 7 nitrogen and oxygen atoms in total. The number of rotatable bonds is 2. The Morgan fingerprint density at radius 2 is 2.21 bits per heavy atom. The number of hydrogen-bond acceptors (Lipinski definition) is 5. The molecule has 1 aromatic rings. The van der Waals surface area contributed by atoms with Gasteiger partial charge in [-0.2, -0.15) is 0 Å². The van der Waals surface area contributed by atoms with Gasteiger partial charge in [-0.15, -0.1) is 0 Å². The Morgan fingerprint density at radius 1 is 1.37 bits per heavy atom. The molecule has 4 N–H and O–H groups in total. The highest BCUT2D eigenvalue weighted by molar-refractivity contribution is 5.95. The number of fused-ring (bicyclic) bond motifs is 1. The molecule has 1 aromatic carbocycles. The van der Waals surface area contributed by atoms with Gasteiger partial charge in [0.25, 0.3) is 5.91 Å². The lowest BCUT2D eigenvalue weighted by Gasteiger charge is -2.20. The van der Waals surface area contributed by atoms with Gasteiger partial charge in [0.15, 0.2) is 6.61 Å². The second-order valence-electron chi connectivity index (χ2n) is 4.56. The molecule has 1 amide bonds. The number of hydrogen-bond donors (Lipinski definition) is 4. The maximum absolute atomic E-state index is 11.3. The summed E-state index contributed by atoms with van der Waals surface area (Å²) >= 11 is 0.